The van der Waals surface area contributed by atoms with Crippen LogP contribution < -0.4 is 10.2 Å². The van der Waals surface area contributed by atoms with Crippen LogP contribution in [0.25, 0.3) is 0 Å². The zero-order valence-corrected chi connectivity index (χ0v) is 18.0. The highest BCUT2D eigenvalue weighted by molar-refractivity contribution is 7.14. The van der Waals surface area contributed by atoms with Gasteiger partial charge in [0.15, 0.2) is 16.8 Å². The van der Waals surface area contributed by atoms with Crippen LogP contribution in [0, 0.1) is 11.6 Å². The lowest BCUT2D eigenvalue weighted by Crippen LogP contribution is -2.41. The van der Waals surface area contributed by atoms with Gasteiger partial charge >= 0.3 is 6.03 Å². The number of anilines is 2. The molecule has 0 bridgehead atoms. The first-order chi connectivity index (χ1) is 15.2. The largest absolute Gasteiger partial charge is 0.325 e. The monoisotopic (exact) mass is 456 g/mol. The predicted molar refractivity (Wildman–Crippen MR) is 114 cm³/mol. The fourth-order valence-electron chi connectivity index (χ4n) is 3.48. The molecule has 10 heteroatoms. The van der Waals surface area contributed by atoms with Gasteiger partial charge in [-0.05, 0) is 36.8 Å². The Kier molecular flexibility index (Phi) is 5.47. The second-order valence-corrected chi connectivity index (χ2v) is 8.22. The number of thiazole rings is 1. The lowest BCUT2D eigenvalue weighted by atomic mass is 9.92. The van der Waals surface area contributed by atoms with Gasteiger partial charge in [-0.25, -0.2) is 18.6 Å². The summed E-state index contributed by atoms with van der Waals surface area (Å²) in [5.74, 6) is -3.01. The summed E-state index contributed by atoms with van der Waals surface area (Å²) in [5, 5.41) is 4.60. The summed E-state index contributed by atoms with van der Waals surface area (Å²) < 4.78 is 27.0. The molecule has 4 amide bonds. The molecule has 2 aromatic carbocycles. The molecule has 4 rings (SSSR count). The summed E-state index contributed by atoms with van der Waals surface area (Å²) in [7, 11) is 0. The summed E-state index contributed by atoms with van der Waals surface area (Å²) in [6.45, 7) is 2.71. The molecule has 1 atom stereocenters. The SMILES string of the molecule is CC(=O)N(c1ccccc1)c1nc(CN2C(=O)N[C@@](C)(c3ccc(F)c(F)c3)C2=O)cs1. The van der Waals surface area contributed by atoms with E-state index in [9.17, 15) is 23.2 Å². The lowest BCUT2D eigenvalue weighted by molar-refractivity contribution is -0.131. The molecule has 1 N–H and O–H groups in total. The minimum Gasteiger partial charge on any atom is -0.319 e. The number of nitrogens with one attached hydrogen (secondary N) is 1. The second kappa shape index (κ2) is 8.12. The van der Waals surface area contributed by atoms with Crippen molar-refractivity contribution in [3.63, 3.8) is 0 Å². The molecule has 1 fully saturated rings. The molecule has 0 radical (unpaired) electrons. The Balaban J connectivity index is 1.58. The summed E-state index contributed by atoms with van der Waals surface area (Å²) in [4.78, 5) is 44.6. The summed E-state index contributed by atoms with van der Waals surface area (Å²) in [6.07, 6.45) is 0. The minimum absolute atomic E-state index is 0.128. The third-order valence-electron chi connectivity index (χ3n) is 5.15. The highest BCUT2D eigenvalue weighted by Gasteiger charge is 2.49. The Hall–Kier alpha value is -3.66. The van der Waals surface area contributed by atoms with Crippen LogP contribution in [-0.4, -0.2) is 27.7 Å². The van der Waals surface area contributed by atoms with E-state index in [0.29, 0.717) is 16.5 Å². The van der Waals surface area contributed by atoms with Crippen LogP contribution in [0.4, 0.5) is 24.4 Å². The molecular formula is C22H18F2N4O3S. The van der Waals surface area contributed by atoms with E-state index >= 15 is 0 Å². The summed E-state index contributed by atoms with van der Waals surface area (Å²) in [6, 6.07) is 11.3. The Labute approximate surface area is 186 Å². The smallest absolute Gasteiger partial charge is 0.319 e. The summed E-state index contributed by atoms with van der Waals surface area (Å²) in [5.41, 5.74) is -0.366. The number of halogens is 2. The summed E-state index contributed by atoms with van der Waals surface area (Å²) >= 11 is 1.20. The predicted octanol–water partition coefficient (Wildman–Crippen LogP) is 4.07. The van der Waals surface area contributed by atoms with Crippen molar-refractivity contribution in [1.82, 2.24) is 15.2 Å². The number of para-hydroxylation sites is 1. The molecule has 1 aliphatic rings. The van der Waals surface area contributed by atoms with Gasteiger partial charge in [0.2, 0.25) is 5.91 Å². The van der Waals surface area contributed by atoms with E-state index in [-0.39, 0.29) is 18.0 Å². The first-order valence-electron chi connectivity index (χ1n) is 9.60. The number of imide groups is 1. The normalized spacial score (nSPS) is 18.1. The molecule has 1 aliphatic heterocycles. The van der Waals surface area contributed by atoms with Crippen LogP contribution in [0.1, 0.15) is 25.1 Å². The highest BCUT2D eigenvalue weighted by atomic mass is 32.1. The van der Waals surface area contributed by atoms with Crippen LogP contribution >= 0.6 is 11.3 Å². The van der Waals surface area contributed by atoms with Crippen molar-refractivity contribution in [1.29, 1.82) is 0 Å². The number of rotatable bonds is 5. The quantitative estimate of drug-likeness (QED) is 0.587. The molecule has 164 valence electrons. The van der Waals surface area contributed by atoms with E-state index in [1.54, 1.807) is 29.6 Å². The molecule has 3 aromatic rings. The van der Waals surface area contributed by atoms with Gasteiger partial charge in [0.1, 0.15) is 5.54 Å². The maximum absolute atomic E-state index is 13.7. The number of benzene rings is 2. The average Bonchev–Trinajstić information content (AvgIpc) is 3.29. The number of amides is 4. The van der Waals surface area contributed by atoms with Crippen molar-refractivity contribution >= 4 is 40.0 Å². The lowest BCUT2D eigenvalue weighted by Gasteiger charge is -2.22. The molecule has 0 spiro atoms. The van der Waals surface area contributed by atoms with Gasteiger partial charge in [-0.3, -0.25) is 19.4 Å². The Morgan fingerprint density at radius 2 is 1.88 bits per heavy atom. The van der Waals surface area contributed by atoms with E-state index in [4.69, 9.17) is 0 Å². The van der Waals surface area contributed by atoms with Gasteiger partial charge in [0.05, 0.1) is 17.9 Å². The number of carbonyl (C=O) groups excluding carboxylic acids is 3. The van der Waals surface area contributed by atoms with E-state index in [0.717, 1.165) is 17.0 Å². The van der Waals surface area contributed by atoms with Gasteiger partial charge in [0.25, 0.3) is 5.91 Å². The maximum atomic E-state index is 13.7. The molecule has 32 heavy (non-hydrogen) atoms. The van der Waals surface area contributed by atoms with Crippen molar-refractivity contribution < 1.29 is 23.2 Å². The van der Waals surface area contributed by atoms with Crippen LogP contribution in [0.2, 0.25) is 0 Å². The molecule has 0 aliphatic carbocycles. The number of urea groups is 1. The number of hydrogen-bond acceptors (Lipinski definition) is 5. The molecule has 1 saturated heterocycles. The van der Waals surface area contributed by atoms with E-state index in [1.165, 1.54) is 36.2 Å². The number of carbonyl (C=O) groups is 3. The zero-order valence-electron chi connectivity index (χ0n) is 17.1. The standard InChI is InChI=1S/C22H18F2N4O3S/c1-13(29)28(16-6-4-3-5-7-16)21-25-15(12-32-21)11-27-19(30)22(2,26-20(27)31)14-8-9-17(23)18(24)10-14/h3-10,12H,11H2,1-2H3,(H,26,31)/t22-/m0/s1. The van der Waals surface area contributed by atoms with Gasteiger partial charge < -0.3 is 5.32 Å². The molecule has 0 saturated carbocycles. The van der Waals surface area contributed by atoms with Crippen molar-refractivity contribution in [2.45, 2.75) is 25.9 Å². The first kappa shape index (κ1) is 21.6. The molecular weight excluding hydrogens is 438 g/mol. The fourth-order valence-corrected chi connectivity index (χ4v) is 4.36. The van der Waals surface area contributed by atoms with Gasteiger partial charge in [-0.2, -0.15) is 0 Å². The van der Waals surface area contributed by atoms with Crippen molar-refractivity contribution in [2.24, 2.45) is 0 Å². The molecule has 7 nitrogen and oxygen atoms in total. The third-order valence-corrected chi connectivity index (χ3v) is 6.03. The fraction of sp³-hybridized carbons (Fsp3) is 0.182. The third kappa shape index (κ3) is 3.73. The van der Waals surface area contributed by atoms with Crippen LogP contribution in [0.3, 0.4) is 0 Å². The first-order valence-corrected chi connectivity index (χ1v) is 10.5. The molecule has 0 unspecified atom stereocenters. The van der Waals surface area contributed by atoms with Crippen molar-refractivity contribution in [2.75, 3.05) is 4.90 Å². The maximum Gasteiger partial charge on any atom is 0.325 e. The second-order valence-electron chi connectivity index (χ2n) is 7.39. The topological polar surface area (TPSA) is 82.6 Å². The Morgan fingerprint density at radius 1 is 1.16 bits per heavy atom. The van der Waals surface area contributed by atoms with E-state index in [1.807, 2.05) is 6.07 Å². The number of aromatic nitrogens is 1. The highest BCUT2D eigenvalue weighted by Crippen LogP contribution is 2.32. The van der Waals surface area contributed by atoms with Crippen molar-refractivity contribution in [3.05, 3.63) is 76.8 Å². The van der Waals surface area contributed by atoms with Crippen molar-refractivity contribution in [3.8, 4) is 0 Å². The van der Waals surface area contributed by atoms with Crippen LogP contribution in [0.15, 0.2) is 53.9 Å². The number of nitrogens with zero attached hydrogens (tertiary/aromatic N) is 3. The van der Waals surface area contributed by atoms with Gasteiger partial charge in [-0.1, -0.05) is 24.3 Å². The zero-order chi connectivity index (χ0) is 23.0. The van der Waals surface area contributed by atoms with E-state index in [2.05, 4.69) is 10.3 Å². The van der Waals surface area contributed by atoms with Gasteiger partial charge in [0, 0.05) is 12.3 Å². The van der Waals surface area contributed by atoms with Gasteiger partial charge in [-0.15, -0.1) is 11.3 Å². The molecule has 1 aromatic heterocycles. The van der Waals surface area contributed by atoms with E-state index < -0.39 is 29.1 Å². The Bertz CT molecular complexity index is 1220. The average molecular weight is 456 g/mol. The molecule has 2 heterocycles. The minimum atomic E-state index is -1.54. The van der Waals surface area contributed by atoms with Crippen LogP contribution in [-0.2, 0) is 21.7 Å². The number of hydrogen-bond donors (Lipinski definition) is 1. The van der Waals surface area contributed by atoms with Crippen LogP contribution in [0.5, 0.6) is 0 Å². The Morgan fingerprint density at radius 3 is 2.53 bits per heavy atom.